The molecule has 2 aromatic carbocycles. The topological polar surface area (TPSA) is 91.0 Å². The third-order valence-corrected chi connectivity index (χ3v) is 6.01. The lowest BCUT2D eigenvalue weighted by atomic mass is 10.0. The summed E-state index contributed by atoms with van der Waals surface area (Å²) < 4.78 is 78.1. The van der Waals surface area contributed by atoms with Crippen molar-refractivity contribution in [3.8, 4) is 0 Å². The number of imide groups is 1. The average molecular weight is 474 g/mol. The number of nitrogens with zero attached hydrogens (tertiary/aromatic N) is 2. The molecule has 0 bridgehead atoms. The van der Waals surface area contributed by atoms with E-state index < -0.39 is 67.0 Å². The molecule has 2 saturated heterocycles. The van der Waals surface area contributed by atoms with E-state index in [9.17, 15) is 14.4 Å². The summed E-state index contributed by atoms with van der Waals surface area (Å²) in [5.41, 5.74) is 0.316. The maximum absolute atomic E-state index is 15.4. The molecule has 2 fully saturated rings. The van der Waals surface area contributed by atoms with Crippen LogP contribution in [0.4, 0.5) is 10.1 Å². The maximum atomic E-state index is 15.4. The van der Waals surface area contributed by atoms with Crippen LogP contribution >= 0.6 is 0 Å². The first kappa shape index (κ1) is 15.6. The van der Waals surface area contributed by atoms with E-state index in [1.165, 1.54) is 0 Å². The number of amides is 3. The number of benzene rings is 2. The predicted molar refractivity (Wildman–Crippen MR) is 122 cm³/mol. The van der Waals surface area contributed by atoms with Crippen molar-refractivity contribution in [3.63, 3.8) is 0 Å². The molecule has 8 nitrogen and oxygen atoms in total. The van der Waals surface area contributed by atoms with E-state index in [1.54, 1.807) is 23.5 Å². The number of morpholine rings is 1. The van der Waals surface area contributed by atoms with Crippen LogP contribution in [0.15, 0.2) is 36.3 Å². The molecule has 1 atom stereocenters. The van der Waals surface area contributed by atoms with Gasteiger partial charge in [-0.15, -0.1) is 0 Å². The fraction of sp³-hybridized carbons (Fsp3) is 0.400. The highest BCUT2D eigenvalue weighted by atomic mass is 19.1. The molecule has 3 aliphatic rings. The average Bonchev–Trinajstić information content (AvgIpc) is 3.25. The van der Waals surface area contributed by atoms with Crippen molar-refractivity contribution < 1.29 is 33.1 Å². The third-order valence-electron chi connectivity index (χ3n) is 6.01. The number of ether oxygens (including phenoxy) is 1. The number of piperidine rings is 1. The minimum atomic E-state index is -3.16. The summed E-state index contributed by atoms with van der Waals surface area (Å²) >= 11 is 0. The van der Waals surface area contributed by atoms with E-state index in [4.69, 9.17) is 14.3 Å². The Kier molecular flexibility index (Phi) is 4.36. The predicted octanol–water partition coefficient (Wildman–Crippen LogP) is 2.03. The first-order valence-corrected chi connectivity index (χ1v) is 10.9. The van der Waals surface area contributed by atoms with Gasteiger partial charge in [-0.25, -0.2) is 4.39 Å². The van der Waals surface area contributed by atoms with Gasteiger partial charge in [0.1, 0.15) is 11.9 Å². The Morgan fingerprint density at radius 3 is 2.82 bits per heavy atom. The molecule has 3 heterocycles. The van der Waals surface area contributed by atoms with Gasteiger partial charge < -0.3 is 15.0 Å². The second kappa shape index (κ2) is 9.52. The van der Waals surface area contributed by atoms with Gasteiger partial charge in [-0.2, -0.15) is 0 Å². The minimum absolute atomic E-state index is 0.0203. The summed E-state index contributed by atoms with van der Waals surface area (Å²) in [5.74, 6) is -4.19. The first-order chi connectivity index (χ1) is 19.3. The van der Waals surface area contributed by atoms with Gasteiger partial charge >= 0.3 is 0 Å². The number of nitrogens with one attached hydrogen (secondary N) is 2. The molecule has 9 heteroatoms. The van der Waals surface area contributed by atoms with Gasteiger partial charge in [0.15, 0.2) is 0 Å². The fourth-order valence-electron chi connectivity index (χ4n) is 4.22. The molecule has 0 aromatic heterocycles. The second-order valence-electron chi connectivity index (χ2n) is 8.16. The number of hydrogen-bond donors (Lipinski definition) is 2. The van der Waals surface area contributed by atoms with Crippen molar-refractivity contribution in [1.29, 1.82) is 0 Å². The van der Waals surface area contributed by atoms with Crippen molar-refractivity contribution in [2.24, 2.45) is 0 Å². The highest BCUT2D eigenvalue weighted by molar-refractivity contribution is 6.06. The van der Waals surface area contributed by atoms with Gasteiger partial charge in [-0.1, -0.05) is 24.2 Å². The molecule has 0 spiro atoms. The standard InChI is InChI=1S/C25H27FN4O4/c26-23-16(3-1-4-17(23)14-29-9-11-34-12-10-29)13-27-20-6-2-5-18-19(20)15-30(25(18)33)21-7-8-22(31)28-24(21)32/h1-6,21,27H,7-15H2,(H,28,31,32)/i2D,5D,6D,7D2,8D2. The molecule has 3 amide bonds. The van der Waals surface area contributed by atoms with E-state index in [0.29, 0.717) is 43.3 Å². The highest BCUT2D eigenvalue weighted by Gasteiger charge is 2.39. The second-order valence-corrected chi connectivity index (χ2v) is 8.16. The number of fused-ring (bicyclic) bond motifs is 1. The molecular formula is C25H27FN4O4. The first-order valence-electron chi connectivity index (χ1n) is 14.4. The number of halogens is 1. The van der Waals surface area contributed by atoms with E-state index in [2.05, 4.69) is 10.2 Å². The summed E-state index contributed by atoms with van der Waals surface area (Å²) in [6.07, 6.45) is -6.28. The SMILES string of the molecule is [2H]c1c([2H])c(NCc2cccc(CN3CCOCC3)c2F)c2c(c1[2H])C(=O)N(C1C(=O)NC(=O)C([2H])([2H])C1([2H])[2H])C2. The van der Waals surface area contributed by atoms with Gasteiger partial charge in [-0.05, 0) is 18.5 Å². The summed E-state index contributed by atoms with van der Waals surface area (Å²) in [6, 6.07) is 1.17. The number of carbonyl (C=O) groups excluding carboxylic acids is 3. The Morgan fingerprint density at radius 1 is 1.21 bits per heavy atom. The normalized spacial score (nSPS) is 26.9. The van der Waals surface area contributed by atoms with Crippen molar-refractivity contribution in [3.05, 3.63) is 64.4 Å². The molecular weight excluding hydrogens is 439 g/mol. The zero-order valence-electron chi connectivity index (χ0n) is 25.2. The van der Waals surface area contributed by atoms with Crippen LogP contribution in [0.1, 0.15) is 49.4 Å². The molecule has 3 aliphatic heterocycles. The zero-order chi connectivity index (χ0) is 29.9. The van der Waals surface area contributed by atoms with Crippen LogP contribution in [-0.2, 0) is 34.0 Å². The molecule has 178 valence electrons. The molecule has 34 heavy (non-hydrogen) atoms. The third kappa shape index (κ3) is 4.41. The molecule has 0 radical (unpaired) electrons. The van der Waals surface area contributed by atoms with Crippen LogP contribution < -0.4 is 10.6 Å². The van der Waals surface area contributed by atoms with Crippen LogP contribution in [0.5, 0.6) is 0 Å². The van der Waals surface area contributed by atoms with Gasteiger partial charge in [0.05, 0.1) is 17.3 Å². The quantitative estimate of drug-likeness (QED) is 0.624. The lowest BCUT2D eigenvalue weighted by Crippen LogP contribution is -2.52. The molecule has 2 N–H and O–H groups in total. The van der Waals surface area contributed by atoms with Gasteiger partial charge in [0.2, 0.25) is 11.8 Å². The van der Waals surface area contributed by atoms with Crippen LogP contribution in [-0.4, -0.2) is 59.9 Å². The Hall–Kier alpha value is -3.30. The van der Waals surface area contributed by atoms with E-state index in [1.807, 2.05) is 0 Å². The van der Waals surface area contributed by atoms with Gasteiger partial charge in [0, 0.05) is 72.5 Å². The lowest BCUT2D eigenvalue weighted by Gasteiger charge is -2.29. The van der Waals surface area contributed by atoms with Gasteiger partial charge in [-0.3, -0.25) is 24.6 Å². The lowest BCUT2D eigenvalue weighted by molar-refractivity contribution is -0.136. The number of rotatable bonds is 6. The summed E-state index contributed by atoms with van der Waals surface area (Å²) in [7, 11) is 0. The Morgan fingerprint density at radius 2 is 2.00 bits per heavy atom. The van der Waals surface area contributed by atoms with Crippen LogP contribution in [0, 0.1) is 5.82 Å². The zero-order valence-corrected chi connectivity index (χ0v) is 18.2. The van der Waals surface area contributed by atoms with E-state index >= 15 is 4.39 Å². The maximum Gasteiger partial charge on any atom is 0.255 e. The number of carbonyl (C=O) groups is 3. The largest absolute Gasteiger partial charge is 0.381 e. The van der Waals surface area contributed by atoms with Crippen LogP contribution in [0.25, 0.3) is 0 Å². The Labute approximate surface area is 206 Å². The number of hydrogen-bond acceptors (Lipinski definition) is 6. The van der Waals surface area contributed by atoms with E-state index in [0.717, 1.165) is 0 Å². The van der Waals surface area contributed by atoms with Crippen molar-refractivity contribution in [2.45, 2.75) is 38.4 Å². The van der Waals surface area contributed by atoms with Gasteiger partial charge in [0.25, 0.3) is 5.91 Å². The number of anilines is 1. The van der Waals surface area contributed by atoms with E-state index in [-0.39, 0.29) is 28.9 Å². The monoisotopic (exact) mass is 473 g/mol. The summed E-state index contributed by atoms with van der Waals surface area (Å²) in [4.78, 5) is 40.9. The van der Waals surface area contributed by atoms with Crippen LogP contribution in [0.3, 0.4) is 0 Å². The highest BCUT2D eigenvalue weighted by Crippen LogP contribution is 2.32. The fourth-order valence-corrected chi connectivity index (χ4v) is 4.22. The Bertz CT molecular complexity index is 1450. The Balaban J connectivity index is 1.45. The minimum Gasteiger partial charge on any atom is -0.381 e. The molecule has 5 rings (SSSR count). The van der Waals surface area contributed by atoms with Crippen LogP contribution in [0.2, 0.25) is 0 Å². The molecule has 1 unspecified atom stereocenters. The smallest absolute Gasteiger partial charge is 0.255 e. The summed E-state index contributed by atoms with van der Waals surface area (Å²) in [6.45, 7) is 2.17. The van der Waals surface area contributed by atoms with Crippen molar-refractivity contribution in [2.75, 3.05) is 31.6 Å². The van der Waals surface area contributed by atoms with Crippen molar-refractivity contribution >= 4 is 23.4 Å². The van der Waals surface area contributed by atoms with Crippen molar-refractivity contribution in [1.82, 2.24) is 15.1 Å². The molecule has 0 aliphatic carbocycles. The summed E-state index contributed by atoms with van der Waals surface area (Å²) in [5, 5.41) is 4.67. The molecule has 2 aromatic rings. The molecule has 0 saturated carbocycles.